The topological polar surface area (TPSA) is 105 Å². The SMILES string of the molecule is CCC(OC(=O)c1cccc(N)c1)C(=O)Nc1sc2c(c1C#N)CCC(c1ccccc1)C2. The van der Waals surface area contributed by atoms with E-state index >= 15 is 0 Å². The number of nitriles is 1. The number of thiophene rings is 1. The number of anilines is 2. The van der Waals surface area contributed by atoms with Crippen LogP contribution in [0.3, 0.4) is 0 Å². The first kappa shape index (κ1) is 22.6. The van der Waals surface area contributed by atoms with E-state index in [1.54, 1.807) is 25.1 Å². The van der Waals surface area contributed by atoms with Crippen molar-refractivity contribution >= 4 is 33.9 Å². The lowest BCUT2D eigenvalue weighted by molar-refractivity contribution is -0.124. The van der Waals surface area contributed by atoms with Crippen LogP contribution in [0.15, 0.2) is 54.6 Å². The molecular formula is C26H25N3O3S. The van der Waals surface area contributed by atoms with Gasteiger partial charge in [0, 0.05) is 10.6 Å². The van der Waals surface area contributed by atoms with Crippen molar-refractivity contribution in [3.8, 4) is 6.07 Å². The number of nitrogen functional groups attached to an aromatic ring is 1. The van der Waals surface area contributed by atoms with Crippen molar-refractivity contribution in [2.24, 2.45) is 0 Å². The molecule has 0 radical (unpaired) electrons. The number of nitrogens with one attached hydrogen (secondary N) is 1. The zero-order valence-corrected chi connectivity index (χ0v) is 19.2. The Morgan fingerprint density at radius 1 is 1.24 bits per heavy atom. The van der Waals surface area contributed by atoms with Crippen LogP contribution in [0, 0.1) is 11.3 Å². The molecule has 33 heavy (non-hydrogen) atoms. The molecule has 4 rings (SSSR count). The van der Waals surface area contributed by atoms with Crippen molar-refractivity contribution in [1.82, 2.24) is 0 Å². The highest BCUT2D eigenvalue weighted by Crippen LogP contribution is 2.42. The zero-order chi connectivity index (χ0) is 23.4. The van der Waals surface area contributed by atoms with Crippen LogP contribution in [-0.4, -0.2) is 18.0 Å². The Bertz CT molecular complexity index is 1210. The highest BCUT2D eigenvalue weighted by Gasteiger charge is 2.29. The number of rotatable bonds is 6. The number of hydrogen-bond acceptors (Lipinski definition) is 6. The number of fused-ring (bicyclic) bond motifs is 1. The fraction of sp³-hybridized carbons (Fsp3) is 0.269. The summed E-state index contributed by atoms with van der Waals surface area (Å²) in [6, 6.07) is 19.1. The van der Waals surface area contributed by atoms with E-state index < -0.39 is 18.0 Å². The van der Waals surface area contributed by atoms with Crippen LogP contribution in [0.25, 0.3) is 0 Å². The Morgan fingerprint density at radius 3 is 2.73 bits per heavy atom. The minimum atomic E-state index is -0.971. The second-order valence-electron chi connectivity index (χ2n) is 8.09. The van der Waals surface area contributed by atoms with Crippen molar-refractivity contribution in [3.05, 3.63) is 81.7 Å². The third kappa shape index (κ3) is 4.91. The number of nitrogens with zero attached hydrogens (tertiary/aromatic N) is 1. The van der Waals surface area contributed by atoms with Crippen molar-refractivity contribution in [2.45, 2.75) is 44.6 Å². The van der Waals surface area contributed by atoms with Gasteiger partial charge in [-0.2, -0.15) is 5.26 Å². The summed E-state index contributed by atoms with van der Waals surface area (Å²) in [4.78, 5) is 26.5. The molecule has 1 amide bonds. The standard InChI is InChI=1S/C26H25N3O3S/c1-2-22(32-26(31)18-9-6-10-19(28)13-18)24(30)29-25-21(15-27)20-12-11-17(14-23(20)33-25)16-7-4-3-5-8-16/h3-10,13,17,22H,2,11-12,14,28H2,1H3,(H,29,30). The first-order valence-electron chi connectivity index (χ1n) is 11.0. The molecule has 0 spiro atoms. The molecular weight excluding hydrogens is 434 g/mol. The second kappa shape index (κ2) is 9.88. The average molecular weight is 460 g/mol. The van der Waals surface area contributed by atoms with Crippen LogP contribution in [-0.2, 0) is 22.4 Å². The predicted octanol–water partition coefficient (Wildman–Crippen LogP) is 5.05. The number of ether oxygens (including phenoxy) is 1. The average Bonchev–Trinajstić information content (AvgIpc) is 3.18. The first-order valence-corrected chi connectivity index (χ1v) is 11.8. The lowest BCUT2D eigenvalue weighted by Gasteiger charge is -2.22. The minimum absolute atomic E-state index is 0.289. The number of nitrogens with two attached hydrogens (primary N) is 1. The number of esters is 1. The molecule has 1 aromatic heterocycles. The first-order chi connectivity index (χ1) is 16.0. The van der Waals surface area contributed by atoms with E-state index in [2.05, 4.69) is 23.5 Å². The molecule has 2 unspecified atom stereocenters. The summed E-state index contributed by atoms with van der Waals surface area (Å²) in [5.41, 5.74) is 9.30. The summed E-state index contributed by atoms with van der Waals surface area (Å²) in [5.74, 6) is -0.652. The van der Waals surface area contributed by atoms with Gasteiger partial charge in [-0.05, 0) is 60.9 Å². The molecule has 6 nitrogen and oxygen atoms in total. The van der Waals surface area contributed by atoms with Gasteiger partial charge in [-0.25, -0.2) is 4.79 Å². The van der Waals surface area contributed by atoms with Gasteiger partial charge < -0.3 is 15.8 Å². The summed E-state index contributed by atoms with van der Waals surface area (Å²) in [6.45, 7) is 1.77. The van der Waals surface area contributed by atoms with E-state index in [0.29, 0.717) is 28.6 Å². The van der Waals surface area contributed by atoms with E-state index in [1.165, 1.54) is 23.0 Å². The van der Waals surface area contributed by atoms with Crippen LogP contribution < -0.4 is 11.1 Å². The highest BCUT2D eigenvalue weighted by molar-refractivity contribution is 7.16. The molecule has 0 aliphatic heterocycles. The third-order valence-corrected chi connectivity index (χ3v) is 7.09. The van der Waals surface area contributed by atoms with Crippen molar-refractivity contribution < 1.29 is 14.3 Å². The Morgan fingerprint density at radius 2 is 2.03 bits per heavy atom. The van der Waals surface area contributed by atoms with Gasteiger partial charge >= 0.3 is 5.97 Å². The Hall–Kier alpha value is -3.63. The molecule has 3 N–H and O–H groups in total. The van der Waals surface area contributed by atoms with Crippen molar-refractivity contribution in [2.75, 3.05) is 11.1 Å². The summed E-state index contributed by atoms with van der Waals surface area (Å²) in [5, 5.41) is 13.2. The Kier molecular flexibility index (Phi) is 6.76. The van der Waals surface area contributed by atoms with E-state index in [1.807, 2.05) is 18.2 Å². The van der Waals surface area contributed by atoms with Crippen molar-refractivity contribution in [1.29, 1.82) is 5.26 Å². The fourth-order valence-electron chi connectivity index (χ4n) is 4.18. The molecule has 1 aliphatic rings. The van der Waals surface area contributed by atoms with Crippen LogP contribution in [0.1, 0.15) is 57.6 Å². The molecule has 1 heterocycles. The normalized spacial score (nSPS) is 15.7. The molecule has 2 atom stereocenters. The van der Waals surface area contributed by atoms with Crippen LogP contribution in [0.2, 0.25) is 0 Å². The Balaban J connectivity index is 1.49. The van der Waals surface area contributed by atoms with Gasteiger partial charge in [-0.15, -0.1) is 11.3 Å². The van der Waals surface area contributed by atoms with E-state index in [4.69, 9.17) is 10.5 Å². The monoisotopic (exact) mass is 459 g/mol. The zero-order valence-electron chi connectivity index (χ0n) is 18.3. The van der Waals surface area contributed by atoms with E-state index in [-0.39, 0.29) is 5.56 Å². The summed E-state index contributed by atoms with van der Waals surface area (Å²) >= 11 is 1.45. The maximum atomic E-state index is 12.9. The van der Waals surface area contributed by atoms with Gasteiger partial charge in [-0.1, -0.05) is 43.3 Å². The summed E-state index contributed by atoms with van der Waals surface area (Å²) in [7, 11) is 0. The molecule has 0 fully saturated rings. The molecule has 0 saturated heterocycles. The number of carbonyl (C=O) groups is 2. The van der Waals surface area contributed by atoms with Crippen LogP contribution in [0.5, 0.6) is 0 Å². The molecule has 7 heteroatoms. The van der Waals surface area contributed by atoms with Gasteiger partial charge in [0.05, 0.1) is 11.1 Å². The maximum absolute atomic E-state index is 12.9. The van der Waals surface area contributed by atoms with Gasteiger partial charge in [0.2, 0.25) is 0 Å². The van der Waals surface area contributed by atoms with E-state index in [9.17, 15) is 14.9 Å². The lowest BCUT2D eigenvalue weighted by atomic mass is 9.83. The van der Waals surface area contributed by atoms with Gasteiger partial charge in [-0.3, -0.25) is 4.79 Å². The highest BCUT2D eigenvalue weighted by atomic mass is 32.1. The number of hydrogen-bond donors (Lipinski definition) is 2. The Labute approximate surface area is 197 Å². The maximum Gasteiger partial charge on any atom is 0.338 e. The number of carbonyl (C=O) groups excluding carboxylic acids is 2. The molecule has 1 aliphatic carbocycles. The fourth-order valence-corrected chi connectivity index (χ4v) is 5.46. The largest absolute Gasteiger partial charge is 0.449 e. The predicted molar refractivity (Wildman–Crippen MR) is 129 cm³/mol. The smallest absolute Gasteiger partial charge is 0.338 e. The van der Waals surface area contributed by atoms with E-state index in [0.717, 1.165) is 29.7 Å². The van der Waals surface area contributed by atoms with Gasteiger partial charge in [0.25, 0.3) is 5.91 Å². The van der Waals surface area contributed by atoms with Crippen LogP contribution in [0.4, 0.5) is 10.7 Å². The third-order valence-electron chi connectivity index (χ3n) is 5.92. The lowest BCUT2D eigenvalue weighted by Crippen LogP contribution is -2.32. The number of benzene rings is 2. The van der Waals surface area contributed by atoms with Crippen molar-refractivity contribution in [3.63, 3.8) is 0 Å². The molecule has 3 aromatic rings. The van der Waals surface area contributed by atoms with Crippen LogP contribution >= 0.6 is 11.3 Å². The molecule has 0 saturated carbocycles. The minimum Gasteiger partial charge on any atom is -0.449 e. The number of amides is 1. The van der Waals surface area contributed by atoms with Gasteiger partial charge in [0.1, 0.15) is 11.1 Å². The molecule has 0 bridgehead atoms. The van der Waals surface area contributed by atoms with Gasteiger partial charge in [0.15, 0.2) is 6.10 Å². The quantitative estimate of drug-likeness (QED) is 0.396. The molecule has 2 aromatic carbocycles. The summed E-state index contributed by atoms with van der Waals surface area (Å²) in [6.07, 6.45) is 1.94. The second-order valence-corrected chi connectivity index (χ2v) is 9.19. The molecule has 168 valence electrons. The summed E-state index contributed by atoms with van der Waals surface area (Å²) < 4.78 is 5.44.